The molecule has 0 radical (unpaired) electrons. The number of nitrogens with zero attached hydrogens (tertiary/aromatic N) is 3. The molecule has 0 fully saturated rings. The molecule has 0 aliphatic heterocycles. The van der Waals surface area contributed by atoms with Crippen molar-refractivity contribution in [2.24, 2.45) is 0 Å². The number of hydrogen-bond donors (Lipinski definition) is 2. The van der Waals surface area contributed by atoms with Gasteiger partial charge in [0.2, 0.25) is 11.1 Å². The lowest BCUT2D eigenvalue weighted by Gasteiger charge is -2.12. The number of nitrogen functional groups attached to an aromatic ring is 1. The van der Waals surface area contributed by atoms with Crippen LogP contribution in [0.1, 0.15) is 6.92 Å². The fourth-order valence-electron chi connectivity index (χ4n) is 1.94. The Morgan fingerprint density at radius 3 is 3.00 bits per heavy atom. The summed E-state index contributed by atoms with van der Waals surface area (Å²) < 4.78 is 6.32. The lowest BCUT2D eigenvalue weighted by atomic mass is 10.2. The number of rotatable bonds is 7. The van der Waals surface area contributed by atoms with Gasteiger partial charge in [0, 0.05) is 23.7 Å². The molecule has 1 aromatic carbocycles. The fourth-order valence-corrected chi connectivity index (χ4v) is 2.80. The first-order valence-corrected chi connectivity index (χ1v) is 8.25. The predicted molar refractivity (Wildman–Crippen MR) is 90.8 cm³/mol. The average molecular weight is 356 g/mol. The van der Waals surface area contributed by atoms with Gasteiger partial charge in [-0.25, -0.2) is 4.68 Å². The zero-order chi connectivity index (χ0) is 16.8. The molecule has 0 saturated heterocycles. The molecular weight excluding hydrogens is 338 g/mol. The highest BCUT2D eigenvalue weighted by Crippen LogP contribution is 2.23. The van der Waals surface area contributed by atoms with Gasteiger partial charge in [-0.1, -0.05) is 35.5 Å². The van der Waals surface area contributed by atoms with Crippen LogP contribution in [-0.4, -0.2) is 46.3 Å². The van der Waals surface area contributed by atoms with Crippen LogP contribution in [0.15, 0.2) is 29.4 Å². The summed E-state index contributed by atoms with van der Waals surface area (Å²) in [7, 11) is 1.59. The molecule has 0 aliphatic carbocycles. The first kappa shape index (κ1) is 17.6. The van der Waals surface area contributed by atoms with E-state index in [1.165, 1.54) is 16.4 Å². The largest absolute Gasteiger partial charge is 0.383 e. The Bertz CT molecular complexity index is 679. The topological polar surface area (TPSA) is 95.1 Å². The Balaban J connectivity index is 1.99. The van der Waals surface area contributed by atoms with Gasteiger partial charge < -0.3 is 15.9 Å². The number of nitrogens with two attached hydrogens (primary N) is 1. The minimum absolute atomic E-state index is 0.0501. The summed E-state index contributed by atoms with van der Waals surface area (Å²) in [6.07, 6.45) is 0. The molecule has 0 bridgehead atoms. The third-order valence-electron chi connectivity index (χ3n) is 2.90. The normalized spacial score (nSPS) is 12.1. The van der Waals surface area contributed by atoms with Crippen molar-refractivity contribution in [3.05, 3.63) is 29.3 Å². The number of nitrogens with one attached hydrogen (secondary N) is 1. The van der Waals surface area contributed by atoms with E-state index in [9.17, 15) is 4.79 Å². The Labute approximate surface area is 143 Å². The second kappa shape index (κ2) is 8.19. The Kier molecular flexibility index (Phi) is 6.26. The molecule has 0 aliphatic rings. The minimum Gasteiger partial charge on any atom is -0.383 e. The maximum atomic E-state index is 11.8. The number of methoxy groups -OCH3 is 1. The Morgan fingerprint density at radius 2 is 2.30 bits per heavy atom. The van der Waals surface area contributed by atoms with E-state index in [4.69, 9.17) is 22.2 Å². The van der Waals surface area contributed by atoms with Gasteiger partial charge in [-0.05, 0) is 19.1 Å². The van der Waals surface area contributed by atoms with Gasteiger partial charge in [0.1, 0.15) is 0 Å². The summed E-state index contributed by atoms with van der Waals surface area (Å²) >= 11 is 7.18. The number of carbonyl (C=O) groups excluding carboxylic acids is 1. The molecule has 0 saturated carbocycles. The van der Waals surface area contributed by atoms with Gasteiger partial charge in [0.25, 0.3) is 0 Å². The first-order chi connectivity index (χ1) is 11.0. The van der Waals surface area contributed by atoms with Crippen molar-refractivity contribution in [1.82, 2.24) is 20.2 Å². The van der Waals surface area contributed by atoms with Gasteiger partial charge >= 0.3 is 0 Å². The van der Waals surface area contributed by atoms with Crippen LogP contribution < -0.4 is 11.2 Å². The van der Waals surface area contributed by atoms with Crippen molar-refractivity contribution < 1.29 is 9.53 Å². The number of thioether (sulfide) groups is 1. The van der Waals surface area contributed by atoms with Crippen LogP contribution in [0.2, 0.25) is 5.02 Å². The second-order valence-corrected chi connectivity index (χ2v) is 6.28. The van der Waals surface area contributed by atoms with E-state index >= 15 is 0 Å². The zero-order valence-corrected chi connectivity index (χ0v) is 14.4. The second-order valence-electron chi connectivity index (χ2n) is 4.90. The molecule has 7 nitrogen and oxygen atoms in total. The van der Waals surface area contributed by atoms with E-state index in [1.54, 1.807) is 19.2 Å². The third-order valence-corrected chi connectivity index (χ3v) is 4.08. The molecule has 1 aromatic heterocycles. The smallest absolute Gasteiger partial charge is 0.230 e. The van der Waals surface area contributed by atoms with Crippen molar-refractivity contribution in [2.45, 2.75) is 18.1 Å². The van der Waals surface area contributed by atoms with Crippen molar-refractivity contribution in [3.8, 4) is 11.4 Å². The number of halogens is 1. The fraction of sp³-hybridized carbons (Fsp3) is 0.357. The van der Waals surface area contributed by atoms with E-state index in [0.717, 1.165) is 5.56 Å². The van der Waals surface area contributed by atoms with Gasteiger partial charge in [-0.2, -0.15) is 0 Å². The summed E-state index contributed by atoms with van der Waals surface area (Å²) in [5, 5.41) is 11.9. The minimum atomic E-state index is -0.119. The number of amides is 1. The monoisotopic (exact) mass is 355 g/mol. The number of benzene rings is 1. The molecule has 0 spiro atoms. The molecule has 3 N–H and O–H groups in total. The van der Waals surface area contributed by atoms with Crippen molar-refractivity contribution >= 4 is 29.3 Å². The van der Waals surface area contributed by atoms with E-state index in [1.807, 2.05) is 19.1 Å². The summed E-state index contributed by atoms with van der Waals surface area (Å²) in [6.45, 7) is 2.33. The van der Waals surface area contributed by atoms with Crippen LogP contribution in [0, 0.1) is 0 Å². The number of ether oxygens (including phenoxy) is 1. The Morgan fingerprint density at radius 1 is 1.52 bits per heavy atom. The SMILES string of the molecule is COC[C@@H](C)NC(=O)CSc1nnc(-c2cccc(Cl)c2)n1N. The molecule has 1 atom stereocenters. The Hall–Kier alpha value is -1.77. The molecule has 1 amide bonds. The van der Waals surface area contributed by atoms with Gasteiger partial charge in [0.05, 0.1) is 12.4 Å². The molecule has 2 rings (SSSR count). The van der Waals surface area contributed by atoms with Crippen LogP contribution in [0.4, 0.5) is 0 Å². The maximum absolute atomic E-state index is 11.8. The number of hydrogen-bond acceptors (Lipinski definition) is 6. The number of aromatic nitrogens is 3. The molecule has 124 valence electrons. The molecule has 1 heterocycles. The van der Waals surface area contributed by atoms with Crippen LogP contribution in [0.25, 0.3) is 11.4 Å². The van der Waals surface area contributed by atoms with Crippen LogP contribution in [0.5, 0.6) is 0 Å². The lowest BCUT2D eigenvalue weighted by Crippen LogP contribution is -2.36. The third kappa shape index (κ3) is 4.85. The molecule has 23 heavy (non-hydrogen) atoms. The summed E-state index contributed by atoms with van der Waals surface area (Å²) in [5.74, 6) is 6.56. The molecular formula is C14H18ClN5O2S. The van der Waals surface area contributed by atoms with E-state index in [-0.39, 0.29) is 17.7 Å². The summed E-state index contributed by atoms with van der Waals surface area (Å²) in [5.41, 5.74) is 0.762. The average Bonchev–Trinajstić information content (AvgIpc) is 2.86. The van der Waals surface area contributed by atoms with Crippen LogP contribution in [-0.2, 0) is 9.53 Å². The zero-order valence-electron chi connectivity index (χ0n) is 12.8. The molecule has 2 aromatic rings. The van der Waals surface area contributed by atoms with Crippen molar-refractivity contribution in [3.63, 3.8) is 0 Å². The summed E-state index contributed by atoms with van der Waals surface area (Å²) in [6, 6.07) is 7.12. The highest BCUT2D eigenvalue weighted by molar-refractivity contribution is 7.99. The highest BCUT2D eigenvalue weighted by Gasteiger charge is 2.14. The lowest BCUT2D eigenvalue weighted by molar-refractivity contribution is -0.119. The maximum Gasteiger partial charge on any atom is 0.230 e. The van der Waals surface area contributed by atoms with Crippen LogP contribution in [0.3, 0.4) is 0 Å². The highest BCUT2D eigenvalue weighted by atomic mass is 35.5. The standard InChI is InChI=1S/C14H18ClN5O2S/c1-9(7-22-2)17-12(21)8-23-14-19-18-13(20(14)16)10-4-3-5-11(15)6-10/h3-6,9H,7-8,16H2,1-2H3,(H,17,21)/t9-/m1/s1. The first-order valence-electron chi connectivity index (χ1n) is 6.88. The van der Waals surface area contributed by atoms with Crippen molar-refractivity contribution in [1.29, 1.82) is 0 Å². The summed E-state index contributed by atoms with van der Waals surface area (Å²) in [4.78, 5) is 11.8. The van der Waals surface area contributed by atoms with Gasteiger partial charge in [-0.15, -0.1) is 10.2 Å². The van der Waals surface area contributed by atoms with Gasteiger partial charge in [0.15, 0.2) is 5.82 Å². The van der Waals surface area contributed by atoms with E-state index in [0.29, 0.717) is 22.6 Å². The molecule has 9 heteroatoms. The predicted octanol–water partition coefficient (Wildman–Crippen LogP) is 1.56. The van der Waals surface area contributed by atoms with Crippen LogP contribution >= 0.6 is 23.4 Å². The van der Waals surface area contributed by atoms with Crippen molar-refractivity contribution in [2.75, 3.05) is 25.3 Å². The van der Waals surface area contributed by atoms with Gasteiger partial charge in [-0.3, -0.25) is 4.79 Å². The molecule has 0 unspecified atom stereocenters. The number of carbonyl (C=O) groups is 1. The quantitative estimate of drug-likeness (QED) is 0.578. The van der Waals surface area contributed by atoms with E-state index in [2.05, 4.69) is 15.5 Å². The van der Waals surface area contributed by atoms with E-state index < -0.39 is 0 Å².